The van der Waals surface area contributed by atoms with Crippen molar-refractivity contribution in [2.45, 2.75) is 33.1 Å². The molecule has 2 heterocycles. The maximum atomic E-state index is 12.7. The first-order chi connectivity index (χ1) is 13.0. The minimum atomic E-state index is -0.00290. The van der Waals surface area contributed by atoms with Gasteiger partial charge < -0.3 is 20.3 Å². The van der Waals surface area contributed by atoms with Gasteiger partial charge in [0.1, 0.15) is 0 Å². The zero-order chi connectivity index (χ0) is 19.2. The molecule has 3 rings (SSSR count). The first-order valence-electron chi connectivity index (χ1n) is 10.0. The van der Waals surface area contributed by atoms with Crippen molar-refractivity contribution < 1.29 is 14.3 Å². The van der Waals surface area contributed by atoms with Gasteiger partial charge in [0, 0.05) is 30.8 Å². The molecule has 0 spiro atoms. The maximum absolute atomic E-state index is 12.7. The number of carbonyl (C=O) groups excluding carboxylic acids is 2. The average Bonchev–Trinajstić information content (AvgIpc) is 2.70. The molecule has 0 aliphatic carbocycles. The van der Waals surface area contributed by atoms with Crippen molar-refractivity contribution in [2.75, 3.05) is 44.7 Å². The van der Waals surface area contributed by atoms with Crippen LogP contribution in [0.3, 0.4) is 0 Å². The fraction of sp³-hybridized carbons (Fsp3) is 0.619. The summed E-state index contributed by atoms with van der Waals surface area (Å²) in [6.07, 6.45) is 2.79. The van der Waals surface area contributed by atoms with Gasteiger partial charge in [-0.05, 0) is 62.4 Å². The second kappa shape index (κ2) is 9.33. The molecular weight excluding hydrogens is 342 g/mol. The number of carbonyl (C=O) groups is 2. The van der Waals surface area contributed by atoms with Crippen LogP contribution in [0.25, 0.3) is 0 Å². The van der Waals surface area contributed by atoms with E-state index in [4.69, 9.17) is 4.74 Å². The highest BCUT2D eigenvalue weighted by atomic mass is 16.5. The van der Waals surface area contributed by atoms with E-state index in [9.17, 15) is 9.59 Å². The van der Waals surface area contributed by atoms with E-state index in [1.807, 2.05) is 19.1 Å². The molecule has 2 aliphatic rings. The number of hydrogen-bond donors (Lipinski definition) is 2. The van der Waals surface area contributed by atoms with E-state index in [-0.39, 0.29) is 11.8 Å². The molecule has 0 aromatic heterocycles. The summed E-state index contributed by atoms with van der Waals surface area (Å²) >= 11 is 0. The van der Waals surface area contributed by atoms with E-state index < -0.39 is 0 Å². The number of hydrogen-bond acceptors (Lipinski definition) is 4. The van der Waals surface area contributed by atoms with Crippen LogP contribution in [0, 0.1) is 18.8 Å². The molecule has 6 nitrogen and oxygen atoms in total. The summed E-state index contributed by atoms with van der Waals surface area (Å²) in [5.41, 5.74) is 2.32. The predicted octanol–water partition coefficient (Wildman–Crippen LogP) is 2.43. The molecule has 2 aliphatic heterocycles. The topological polar surface area (TPSA) is 70.7 Å². The van der Waals surface area contributed by atoms with Gasteiger partial charge in [0.15, 0.2) is 0 Å². The number of aryl methyl sites for hydroxylation is 1. The largest absolute Gasteiger partial charge is 0.378 e. The number of piperidine rings is 1. The zero-order valence-electron chi connectivity index (χ0n) is 16.4. The number of ether oxygens (including phenoxy) is 1. The molecule has 0 saturated carbocycles. The third kappa shape index (κ3) is 5.30. The fourth-order valence-corrected chi connectivity index (χ4v) is 3.91. The molecule has 1 atom stereocenters. The molecule has 27 heavy (non-hydrogen) atoms. The van der Waals surface area contributed by atoms with Crippen LogP contribution in [0.1, 0.15) is 42.1 Å². The Morgan fingerprint density at radius 2 is 1.96 bits per heavy atom. The van der Waals surface area contributed by atoms with Crippen LogP contribution in [0.15, 0.2) is 18.2 Å². The molecule has 148 valence electrons. The van der Waals surface area contributed by atoms with E-state index in [1.54, 1.807) is 11.0 Å². The minimum Gasteiger partial charge on any atom is -0.378 e. The second-order valence-corrected chi connectivity index (χ2v) is 7.75. The Hall–Kier alpha value is -1.92. The summed E-state index contributed by atoms with van der Waals surface area (Å²) in [5.74, 6) is 0.995. The van der Waals surface area contributed by atoms with E-state index in [2.05, 4.69) is 17.6 Å². The Morgan fingerprint density at radius 1 is 1.26 bits per heavy atom. The van der Waals surface area contributed by atoms with Crippen molar-refractivity contribution in [3.05, 3.63) is 29.3 Å². The van der Waals surface area contributed by atoms with Crippen molar-refractivity contribution in [1.29, 1.82) is 0 Å². The first-order valence-corrected chi connectivity index (χ1v) is 10.0. The van der Waals surface area contributed by atoms with Crippen molar-refractivity contribution in [3.8, 4) is 0 Å². The van der Waals surface area contributed by atoms with Gasteiger partial charge in [0.25, 0.3) is 5.91 Å². The Labute approximate surface area is 161 Å². The van der Waals surface area contributed by atoms with Gasteiger partial charge in [-0.3, -0.25) is 9.59 Å². The summed E-state index contributed by atoms with van der Waals surface area (Å²) in [6.45, 7) is 8.59. The number of anilines is 1. The molecule has 0 bridgehead atoms. The van der Waals surface area contributed by atoms with Gasteiger partial charge in [-0.25, -0.2) is 0 Å². The smallest absolute Gasteiger partial charge is 0.254 e. The van der Waals surface area contributed by atoms with E-state index in [0.717, 1.165) is 37.2 Å². The number of nitrogens with zero attached hydrogens (tertiary/aromatic N) is 1. The van der Waals surface area contributed by atoms with Crippen LogP contribution in [0.5, 0.6) is 0 Å². The molecule has 1 unspecified atom stereocenters. The summed E-state index contributed by atoms with van der Waals surface area (Å²) in [6, 6.07) is 5.54. The van der Waals surface area contributed by atoms with Crippen molar-refractivity contribution in [3.63, 3.8) is 0 Å². The van der Waals surface area contributed by atoms with E-state index in [1.165, 1.54) is 0 Å². The second-order valence-electron chi connectivity index (χ2n) is 7.75. The quantitative estimate of drug-likeness (QED) is 0.832. The Kier molecular flexibility index (Phi) is 6.85. The predicted molar refractivity (Wildman–Crippen MR) is 106 cm³/mol. The van der Waals surface area contributed by atoms with Crippen LogP contribution in [-0.2, 0) is 9.53 Å². The third-order valence-electron chi connectivity index (χ3n) is 5.75. The number of benzene rings is 1. The van der Waals surface area contributed by atoms with Crippen molar-refractivity contribution in [1.82, 2.24) is 10.2 Å². The number of rotatable bonds is 5. The summed E-state index contributed by atoms with van der Waals surface area (Å²) in [7, 11) is 0. The number of nitrogens with one attached hydrogen (secondary N) is 2. The minimum absolute atomic E-state index is 0.00290. The van der Waals surface area contributed by atoms with E-state index >= 15 is 0 Å². The highest BCUT2D eigenvalue weighted by Crippen LogP contribution is 2.25. The maximum Gasteiger partial charge on any atom is 0.254 e. The van der Waals surface area contributed by atoms with Gasteiger partial charge in [0.2, 0.25) is 5.91 Å². The molecule has 2 saturated heterocycles. The van der Waals surface area contributed by atoms with Crippen LogP contribution in [-0.4, -0.2) is 56.1 Å². The standard InChI is InChI=1S/C21H31N3O3/c1-15-3-4-18(21(26)24-9-11-27-12-10-24)14-19(15)23-20(25)13-16(2)17-5-7-22-8-6-17/h3-4,14,16-17,22H,5-13H2,1-2H3,(H,23,25). The SMILES string of the molecule is Cc1ccc(C(=O)N2CCOCC2)cc1NC(=O)CC(C)C1CCNCC1. The monoisotopic (exact) mass is 373 g/mol. The molecule has 1 aromatic rings. The molecule has 1 aromatic carbocycles. The zero-order valence-corrected chi connectivity index (χ0v) is 16.4. The lowest BCUT2D eigenvalue weighted by Gasteiger charge is -2.28. The van der Waals surface area contributed by atoms with Gasteiger partial charge in [-0.2, -0.15) is 0 Å². The highest BCUT2D eigenvalue weighted by molar-refractivity contribution is 5.97. The summed E-state index contributed by atoms with van der Waals surface area (Å²) in [4.78, 5) is 27.1. The van der Waals surface area contributed by atoms with Crippen LogP contribution < -0.4 is 10.6 Å². The fourth-order valence-electron chi connectivity index (χ4n) is 3.91. The van der Waals surface area contributed by atoms with Crippen LogP contribution in [0.2, 0.25) is 0 Å². The molecule has 0 radical (unpaired) electrons. The molecular formula is C21H31N3O3. The van der Waals surface area contributed by atoms with Crippen LogP contribution >= 0.6 is 0 Å². The molecule has 2 N–H and O–H groups in total. The van der Waals surface area contributed by atoms with Crippen molar-refractivity contribution in [2.24, 2.45) is 11.8 Å². The average molecular weight is 373 g/mol. The lowest BCUT2D eigenvalue weighted by atomic mass is 9.84. The first kappa shape index (κ1) is 19.8. The van der Waals surface area contributed by atoms with Gasteiger partial charge >= 0.3 is 0 Å². The normalized spacial score (nSPS) is 19.6. The number of morpholine rings is 1. The molecule has 2 amide bonds. The van der Waals surface area contributed by atoms with Gasteiger partial charge in [-0.1, -0.05) is 13.0 Å². The lowest BCUT2D eigenvalue weighted by Crippen LogP contribution is -2.40. The Bertz CT molecular complexity index is 665. The third-order valence-corrected chi connectivity index (χ3v) is 5.75. The molecule has 2 fully saturated rings. The summed E-state index contributed by atoms with van der Waals surface area (Å²) < 4.78 is 5.31. The van der Waals surface area contributed by atoms with Gasteiger partial charge in [0.05, 0.1) is 13.2 Å². The van der Waals surface area contributed by atoms with Crippen molar-refractivity contribution >= 4 is 17.5 Å². The highest BCUT2D eigenvalue weighted by Gasteiger charge is 2.23. The summed E-state index contributed by atoms with van der Waals surface area (Å²) in [5, 5.41) is 6.40. The van der Waals surface area contributed by atoms with Gasteiger partial charge in [-0.15, -0.1) is 0 Å². The Balaban J connectivity index is 1.61. The van der Waals surface area contributed by atoms with Crippen LogP contribution in [0.4, 0.5) is 5.69 Å². The lowest BCUT2D eigenvalue weighted by molar-refractivity contribution is -0.117. The Morgan fingerprint density at radius 3 is 2.67 bits per heavy atom. The molecule has 6 heteroatoms. The van der Waals surface area contributed by atoms with E-state index in [0.29, 0.717) is 50.1 Å². The number of amides is 2.